The number of aromatic nitrogens is 3. The molecule has 2 aromatic rings. The van der Waals surface area contributed by atoms with Gasteiger partial charge in [0, 0.05) is 18.2 Å². The van der Waals surface area contributed by atoms with Crippen LogP contribution in [0.2, 0.25) is 0 Å². The number of hydrogen-bond acceptors (Lipinski definition) is 4. The first-order chi connectivity index (χ1) is 12.6. The highest BCUT2D eigenvalue weighted by Crippen LogP contribution is 2.25. The van der Waals surface area contributed by atoms with Gasteiger partial charge >= 0.3 is 6.03 Å². The van der Waals surface area contributed by atoms with Gasteiger partial charge in [-0.3, -0.25) is 0 Å². The Balaban J connectivity index is 1.60. The molecule has 0 bridgehead atoms. The van der Waals surface area contributed by atoms with E-state index in [0.717, 1.165) is 48.9 Å². The molecule has 2 N–H and O–H groups in total. The van der Waals surface area contributed by atoms with E-state index in [0.29, 0.717) is 6.61 Å². The summed E-state index contributed by atoms with van der Waals surface area (Å²) in [5, 5.41) is 10.4. The fraction of sp³-hybridized carbons (Fsp3) is 0.526. The normalized spacial score (nSPS) is 16.2. The van der Waals surface area contributed by atoms with Crippen LogP contribution in [0.25, 0.3) is 0 Å². The maximum Gasteiger partial charge on any atom is 0.319 e. The number of amides is 2. The lowest BCUT2D eigenvalue weighted by molar-refractivity contribution is 0.244. The summed E-state index contributed by atoms with van der Waals surface area (Å²) in [4.78, 5) is 17.0. The predicted octanol–water partition coefficient (Wildman–Crippen LogP) is 3.85. The van der Waals surface area contributed by atoms with E-state index < -0.39 is 0 Å². The molecule has 3 rings (SSSR count). The summed E-state index contributed by atoms with van der Waals surface area (Å²) >= 11 is 0. The highest BCUT2D eigenvalue weighted by atomic mass is 16.5. The van der Waals surface area contributed by atoms with E-state index in [1.54, 1.807) is 0 Å². The van der Waals surface area contributed by atoms with Crippen LogP contribution in [0, 0.1) is 0 Å². The Morgan fingerprint density at radius 1 is 1.35 bits per heavy atom. The summed E-state index contributed by atoms with van der Waals surface area (Å²) in [5.74, 6) is 2.76. The zero-order chi connectivity index (χ0) is 18.5. The summed E-state index contributed by atoms with van der Waals surface area (Å²) in [7, 11) is 0. The molecule has 1 aromatic carbocycles. The lowest BCUT2D eigenvalue weighted by Crippen LogP contribution is -2.36. The molecule has 1 atom stereocenters. The molecule has 2 heterocycles. The summed E-state index contributed by atoms with van der Waals surface area (Å²) < 4.78 is 7.47. The summed E-state index contributed by atoms with van der Waals surface area (Å²) in [5.41, 5.74) is 0.728. The Labute approximate surface area is 154 Å². The number of urea groups is 1. The van der Waals surface area contributed by atoms with Gasteiger partial charge in [0.15, 0.2) is 5.82 Å². The summed E-state index contributed by atoms with van der Waals surface area (Å²) in [6.07, 6.45) is 2.81. The van der Waals surface area contributed by atoms with Gasteiger partial charge in [0.05, 0.1) is 12.6 Å². The standard InChI is InChI=1S/C19H27N5O2/c1-4-12-26-15-9-7-14(8-10-15)20-19(25)21-16-6-5-11-24-18(16)22-17(23-24)13(2)3/h7-10,13,16H,4-6,11-12H2,1-3H3,(H2,20,21,25). The first kappa shape index (κ1) is 18.2. The van der Waals surface area contributed by atoms with Gasteiger partial charge in [-0.1, -0.05) is 20.8 Å². The van der Waals surface area contributed by atoms with Crippen LogP contribution in [0.5, 0.6) is 5.75 Å². The lowest BCUT2D eigenvalue weighted by atomic mass is 10.1. The van der Waals surface area contributed by atoms with Crippen molar-refractivity contribution in [3.63, 3.8) is 0 Å². The van der Waals surface area contributed by atoms with E-state index in [1.165, 1.54) is 0 Å². The number of anilines is 1. The number of carbonyl (C=O) groups is 1. The van der Waals surface area contributed by atoms with Crippen molar-refractivity contribution in [2.24, 2.45) is 0 Å². The van der Waals surface area contributed by atoms with Crippen molar-refractivity contribution in [2.75, 3.05) is 11.9 Å². The molecule has 7 heteroatoms. The number of hydrogen-bond donors (Lipinski definition) is 2. The highest BCUT2D eigenvalue weighted by Gasteiger charge is 2.26. The van der Waals surface area contributed by atoms with E-state index in [-0.39, 0.29) is 18.0 Å². The van der Waals surface area contributed by atoms with Crippen molar-refractivity contribution in [3.05, 3.63) is 35.9 Å². The number of nitrogens with zero attached hydrogens (tertiary/aromatic N) is 3. The van der Waals surface area contributed by atoms with E-state index in [4.69, 9.17) is 4.74 Å². The van der Waals surface area contributed by atoms with E-state index in [1.807, 2.05) is 28.9 Å². The third-order valence-electron chi connectivity index (χ3n) is 4.30. The van der Waals surface area contributed by atoms with Crippen molar-refractivity contribution >= 4 is 11.7 Å². The number of aryl methyl sites for hydroxylation is 1. The zero-order valence-electron chi connectivity index (χ0n) is 15.7. The van der Waals surface area contributed by atoms with E-state index >= 15 is 0 Å². The topological polar surface area (TPSA) is 81.1 Å². The minimum absolute atomic E-state index is 0.115. The van der Waals surface area contributed by atoms with Crippen LogP contribution >= 0.6 is 0 Å². The Kier molecular flexibility index (Phi) is 5.75. The predicted molar refractivity (Wildman–Crippen MR) is 100 cm³/mol. The molecule has 0 radical (unpaired) electrons. The molecule has 7 nitrogen and oxygen atoms in total. The van der Waals surface area contributed by atoms with E-state index in [2.05, 4.69) is 41.5 Å². The van der Waals surface area contributed by atoms with Gasteiger partial charge in [0.1, 0.15) is 11.6 Å². The molecule has 26 heavy (non-hydrogen) atoms. The maximum absolute atomic E-state index is 12.4. The quantitative estimate of drug-likeness (QED) is 0.823. The van der Waals surface area contributed by atoms with Crippen LogP contribution in [0.15, 0.2) is 24.3 Å². The van der Waals surface area contributed by atoms with Gasteiger partial charge in [-0.05, 0) is 43.5 Å². The number of ether oxygens (including phenoxy) is 1. The van der Waals surface area contributed by atoms with Crippen LogP contribution in [-0.4, -0.2) is 27.4 Å². The molecule has 1 aliphatic heterocycles. The van der Waals surface area contributed by atoms with Crippen molar-refractivity contribution in [2.45, 2.75) is 58.5 Å². The SMILES string of the molecule is CCCOc1ccc(NC(=O)NC2CCCn3nc(C(C)C)nc32)cc1. The second-order valence-corrected chi connectivity index (χ2v) is 6.87. The molecule has 140 valence electrons. The van der Waals surface area contributed by atoms with Gasteiger partial charge in [-0.15, -0.1) is 0 Å². The summed E-state index contributed by atoms with van der Waals surface area (Å²) in [6.45, 7) is 7.76. The number of carbonyl (C=O) groups excluding carboxylic acids is 1. The Morgan fingerprint density at radius 3 is 2.81 bits per heavy atom. The molecular formula is C19H27N5O2. The average molecular weight is 357 g/mol. The third-order valence-corrected chi connectivity index (χ3v) is 4.30. The summed E-state index contributed by atoms with van der Waals surface area (Å²) in [6, 6.07) is 7.04. The van der Waals surface area contributed by atoms with Crippen molar-refractivity contribution in [1.82, 2.24) is 20.1 Å². The first-order valence-electron chi connectivity index (χ1n) is 9.32. The zero-order valence-corrected chi connectivity index (χ0v) is 15.7. The Bertz CT molecular complexity index is 739. The van der Waals surface area contributed by atoms with Crippen molar-refractivity contribution < 1.29 is 9.53 Å². The van der Waals surface area contributed by atoms with Gasteiger partial charge in [0.25, 0.3) is 0 Å². The molecule has 0 saturated carbocycles. The third kappa shape index (κ3) is 4.33. The minimum Gasteiger partial charge on any atom is -0.494 e. The lowest BCUT2D eigenvalue weighted by Gasteiger charge is -2.23. The van der Waals surface area contributed by atoms with Gasteiger partial charge in [-0.25, -0.2) is 14.5 Å². The molecule has 0 aliphatic carbocycles. The van der Waals surface area contributed by atoms with Crippen LogP contribution in [-0.2, 0) is 6.54 Å². The van der Waals surface area contributed by atoms with Gasteiger partial charge in [-0.2, -0.15) is 5.10 Å². The fourth-order valence-corrected chi connectivity index (χ4v) is 2.93. The van der Waals surface area contributed by atoms with Crippen LogP contribution in [0.1, 0.15) is 63.6 Å². The van der Waals surface area contributed by atoms with E-state index in [9.17, 15) is 4.79 Å². The molecule has 1 aromatic heterocycles. The molecule has 0 spiro atoms. The maximum atomic E-state index is 12.4. The minimum atomic E-state index is -0.236. The molecule has 1 aliphatic rings. The number of fused-ring (bicyclic) bond motifs is 1. The Morgan fingerprint density at radius 2 is 2.12 bits per heavy atom. The highest BCUT2D eigenvalue weighted by molar-refractivity contribution is 5.89. The monoisotopic (exact) mass is 357 g/mol. The van der Waals surface area contributed by atoms with Gasteiger partial charge in [0.2, 0.25) is 0 Å². The first-order valence-corrected chi connectivity index (χ1v) is 9.32. The molecule has 1 unspecified atom stereocenters. The number of rotatable bonds is 6. The molecule has 0 saturated heterocycles. The molecule has 2 amide bonds. The van der Waals surface area contributed by atoms with Crippen molar-refractivity contribution in [1.29, 1.82) is 0 Å². The van der Waals surface area contributed by atoms with Crippen LogP contribution < -0.4 is 15.4 Å². The van der Waals surface area contributed by atoms with Crippen LogP contribution in [0.4, 0.5) is 10.5 Å². The fourth-order valence-electron chi connectivity index (χ4n) is 2.93. The second kappa shape index (κ2) is 8.21. The van der Waals surface area contributed by atoms with Crippen LogP contribution in [0.3, 0.4) is 0 Å². The largest absolute Gasteiger partial charge is 0.494 e. The smallest absolute Gasteiger partial charge is 0.319 e. The van der Waals surface area contributed by atoms with Crippen molar-refractivity contribution in [3.8, 4) is 5.75 Å². The number of nitrogens with one attached hydrogen (secondary N) is 2. The number of benzene rings is 1. The molecular weight excluding hydrogens is 330 g/mol. The average Bonchev–Trinajstić information content (AvgIpc) is 3.07. The molecule has 0 fully saturated rings. The van der Waals surface area contributed by atoms with Gasteiger partial charge < -0.3 is 15.4 Å². The second-order valence-electron chi connectivity index (χ2n) is 6.87. The Hall–Kier alpha value is -2.57.